The molecule has 0 heterocycles. The topological polar surface area (TPSA) is 77.8 Å². The van der Waals surface area contributed by atoms with Crippen molar-refractivity contribution in [1.82, 2.24) is 0 Å². The van der Waals surface area contributed by atoms with E-state index in [4.69, 9.17) is 15.3 Å². The van der Waals surface area contributed by atoms with Crippen LogP contribution in [0.25, 0.3) is 0 Å². The Balaban J connectivity index is 3.85. The highest BCUT2D eigenvalue weighted by Crippen LogP contribution is 1.94. The Hall–Kier alpha value is -0.710. The van der Waals surface area contributed by atoms with Gasteiger partial charge in [-0.1, -0.05) is 6.08 Å². The van der Waals surface area contributed by atoms with E-state index in [1.54, 1.807) is 0 Å². The van der Waals surface area contributed by atoms with Crippen LogP contribution in [-0.2, 0) is 4.79 Å². The zero-order chi connectivity index (χ0) is 8.85. The average molecular weight is 160 g/mol. The number of rotatable bonds is 4. The summed E-state index contributed by atoms with van der Waals surface area (Å²) in [5.74, 6) is -0.214. The Labute approximate surface area is 64.8 Å². The summed E-state index contributed by atoms with van der Waals surface area (Å²) >= 11 is 0. The number of hydrogen-bond donors (Lipinski definition) is 3. The number of aliphatic hydroxyl groups excluding tert-OH is 3. The molecule has 11 heavy (non-hydrogen) atoms. The molecular formula is C7H12O4. The predicted molar refractivity (Wildman–Crippen MR) is 38.9 cm³/mol. The van der Waals surface area contributed by atoms with Crippen LogP contribution in [0.3, 0.4) is 0 Å². The first kappa shape index (κ1) is 10.3. The van der Waals surface area contributed by atoms with Crippen LogP contribution in [0.2, 0.25) is 0 Å². The Kier molecular flexibility index (Phi) is 4.69. The second kappa shape index (κ2) is 5.01. The van der Waals surface area contributed by atoms with E-state index < -0.39 is 18.8 Å². The first-order valence-electron chi connectivity index (χ1n) is 3.23. The van der Waals surface area contributed by atoms with Gasteiger partial charge < -0.3 is 15.3 Å². The van der Waals surface area contributed by atoms with Gasteiger partial charge in [0.2, 0.25) is 0 Å². The molecule has 0 bridgehead atoms. The maximum atomic E-state index is 10.3. The molecule has 4 heteroatoms. The normalized spacial score (nSPS) is 16.7. The van der Waals surface area contributed by atoms with E-state index in [-0.39, 0.29) is 5.78 Å². The lowest BCUT2D eigenvalue weighted by atomic mass is 10.2. The first-order valence-corrected chi connectivity index (χ1v) is 3.23. The monoisotopic (exact) mass is 160 g/mol. The zero-order valence-electron chi connectivity index (χ0n) is 6.27. The molecule has 0 aromatic rings. The number of aliphatic hydroxyl groups is 3. The molecule has 0 rings (SSSR count). The van der Waals surface area contributed by atoms with E-state index in [1.165, 1.54) is 6.92 Å². The molecule has 3 N–H and O–H groups in total. The molecule has 0 aromatic carbocycles. The first-order chi connectivity index (χ1) is 5.07. The lowest BCUT2D eigenvalue weighted by Crippen LogP contribution is -2.27. The summed E-state index contributed by atoms with van der Waals surface area (Å²) in [5.41, 5.74) is 0. The van der Waals surface area contributed by atoms with Crippen LogP contribution in [0.5, 0.6) is 0 Å². The van der Waals surface area contributed by atoms with Gasteiger partial charge in [0.15, 0.2) is 5.78 Å². The molecule has 0 fully saturated rings. The van der Waals surface area contributed by atoms with Crippen LogP contribution in [0.1, 0.15) is 6.92 Å². The van der Waals surface area contributed by atoms with Crippen molar-refractivity contribution in [1.29, 1.82) is 0 Å². The van der Waals surface area contributed by atoms with Crippen molar-refractivity contribution in [2.45, 2.75) is 19.1 Å². The maximum Gasteiger partial charge on any atom is 0.152 e. The largest absolute Gasteiger partial charge is 0.394 e. The fourth-order valence-corrected chi connectivity index (χ4v) is 0.470. The molecule has 64 valence electrons. The van der Waals surface area contributed by atoms with Crippen LogP contribution < -0.4 is 0 Å². The third-order valence-corrected chi connectivity index (χ3v) is 1.11. The van der Waals surface area contributed by atoms with Crippen molar-refractivity contribution in [3.05, 3.63) is 12.2 Å². The van der Waals surface area contributed by atoms with E-state index in [0.717, 1.165) is 12.2 Å². The van der Waals surface area contributed by atoms with Crippen molar-refractivity contribution in [2.24, 2.45) is 0 Å². The SMILES string of the molecule is CC(=O)/C=C/[C@H](O)[C@H](O)CO. The molecule has 2 atom stereocenters. The molecule has 0 aliphatic carbocycles. The van der Waals surface area contributed by atoms with Gasteiger partial charge in [-0.2, -0.15) is 0 Å². The number of ketones is 1. The molecule has 0 unspecified atom stereocenters. The highest BCUT2D eigenvalue weighted by Gasteiger charge is 2.10. The number of carbonyl (C=O) groups is 1. The zero-order valence-corrected chi connectivity index (χ0v) is 6.27. The summed E-state index contributed by atoms with van der Waals surface area (Å²) in [5, 5.41) is 26.0. The van der Waals surface area contributed by atoms with Gasteiger partial charge in [-0.15, -0.1) is 0 Å². The number of carbonyl (C=O) groups excluding carboxylic acids is 1. The van der Waals surface area contributed by atoms with Crippen LogP contribution >= 0.6 is 0 Å². The van der Waals surface area contributed by atoms with Gasteiger partial charge in [-0.3, -0.25) is 4.79 Å². The molecule has 0 aliphatic heterocycles. The Bertz CT molecular complexity index is 153. The van der Waals surface area contributed by atoms with Gasteiger partial charge in [0, 0.05) is 0 Å². The fraction of sp³-hybridized carbons (Fsp3) is 0.571. The summed E-state index contributed by atoms with van der Waals surface area (Å²) < 4.78 is 0. The number of allylic oxidation sites excluding steroid dienone is 1. The van der Waals surface area contributed by atoms with E-state index in [1.807, 2.05) is 0 Å². The maximum absolute atomic E-state index is 10.3. The fourth-order valence-electron chi connectivity index (χ4n) is 0.470. The standard InChI is InChI=1S/C7H12O4/c1-5(9)2-3-6(10)7(11)4-8/h2-3,6-8,10-11H,4H2,1H3/b3-2+/t6-,7+/m0/s1. The van der Waals surface area contributed by atoms with Crippen LogP contribution in [0.15, 0.2) is 12.2 Å². The Morgan fingerprint density at radius 3 is 2.45 bits per heavy atom. The Morgan fingerprint density at radius 1 is 1.55 bits per heavy atom. The van der Waals surface area contributed by atoms with Gasteiger partial charge in [0.05, 0.1) is 6.61 Å². The van der Waals surface area contributed by atoms with Gasteiger partial charge in [-0.05, 0) is 13.0 Å². The summed E-state index contributed by atoms with van der Waals surface area (Å²) in [4.78, 5) is 10.3. The molecule has 0 aliphatic rings. The van der Waals surface area contributed by atoms with Crippen molar-refractivity contribution >= 4 is 5.78 Å². The van der Waals surface area contributed by atoms with Crippen LogP contribution in [0, 0.1) is 0 Å². The molecular weight excluding hydrogens is 148 g/mol. The van der Waals surface area contributed by atoms with E-state index in [9.17, 15) is 4.79 Å². The van der Waals surface area contributed by atoms with Gasteiger partial charge in [0.1, 0.15) is 12.2 Å². The lowest BCUT2D eigenvalue weighted by molar-refractivity contribution is -0.112. The van der Waals surface area contributed by atoms with Crippen molar-refractivity contribution in [3.8, 4) is 0 Å². The van der Waals surface area contributed by atoms with E-state index in [0.29, 0.717) is 0 Å². The van der Waals surface area contributed by atoms with Crippen LogP contribution in [-0.4, -0.2) is 39.9 Å². The minimum absolute atomic E-state index is 0.214. The van der Waals surface area contributed by atoms with Gasteiger partial charge in [0.25, 0.3) is 0 Å². The summed E-state index contributed by atoms with van der Waals surface area (Å²) in [6.45, 7) is 0.804. The van der Waals surface area contributed by atoms with Crippen molar-refractivity contribution in [2.75, 3.05) is 6.61 Å². The number of hydrogen-bond acceptors (Lipinski definition) is 4. The van der Waals surface area contributed by atoms with E-state index in [2.05, 4.69) is 0 Å². The smallest absolute Gasteiger partial charge is 0.152 e. The lowest BCUT2D eigenvalue weighted by Gasteiger charge is -2.09. The molecule has 0 aromatic heterocycles. The van der Waals surface area contributed by atoms with Gasteiger partial charge >= 0.3 is 0 Å². The molecule has 0 saturated carbocycles. The predicted octanol–water partition coefficient (Wildman–Crippen LogP) is -1.15. The van der Waals surface area contributed by atoms with Gasteiger partial charge in [-0.25, -0.2) is 0 Å². The minimum atomic E-state index is -1.22. The second-order valence-corrected chi connectivity index (χ2v) is 2.21. The average Bonchev–Trinajstić information content (AvgIpc) is 1.98. The highest BCUT2D eigenvalue weighted by molar-refractivity contribution is 5.87. The quantitative estimate of drug-likeness (QED) is 0.453. The second-order valence-electron chi connectivity index (χ2n) is 2.21. The van der Waals surface area contributed by atoms with Crippen molar-refractivity contribution < 1.29 is 20.1 Å². The Morgan fingerprint density at radius 2 is 2.09 bits per heavy atom. The molecule has 0 radical (unpaired) electrons. The minimum Gasteiger partial charge on any atom is -0.394 e. The summed E-state index contributed by atoms with van der Waals surface area (Å²) in [7, 11) is 0. The molecule has 0 spiro atoms. The molecule has 0 amide bonds. The summed E-state index contributed by atoms with van der Waals surface area (Å²) in [6.07, 6.45) is -0.109. The third kappa shape index (κ3) is 4.66. The highest BCUT2D eigenvalue weighted by atomic mass is 16.4. The molecule has 4 nitrogen and oxygen atoms in total. The van der Waals surface area contributed by atoms with Crippen molar-refractivity contribution in [3.63, 3.8) is 0 Å². The molecule has 0 saturated heterocycles. The van der Waals surface area contributed by atoms with E-state index >= 15 is 0 Å². The summed E-state index contributed by atoms with van der Waals surface area (Å²) in [6, 6.07) is 0. The third-order valence-electron chi connectivity index (χ3n) is 1.11. The van der Waals surface area contributed by atoms with Crippen LogP contribution in [0.4, 0.5) is 0 Å².